The molecular formula is C24H23N5O3. The van der Waals surface area contributed by atoms with Crippen molar-refractivity contribution in [3.8, 4) is 17.0 Å². The fourth-order valence-corrected chi connectivity index (χ4v) is 3.40. The van der Waals surface area contributed by atoms with Crippen LogP contribution in [0.5, 0.6) is 5.75 Å². The Balaban J connectivity index is 1.27. The van der Waals surface area contributed by atoms with Crippen LogP contribution < -0.4 is 15.4 Å². The number of rotatable bonds is 8. The van der Waals surface area contributed by atoms with Crippen LogP contribution in [0.2, 0.25) is 0 Å². The van der Waals surface area contributed by atoms with Crippen molar-refractivity contribution >= 4 is 28.4 Å². The van der Waals surface area contributed by atoms with Crippen LogP contribution in [0.1, 0.15) is 23.3 Å². The van der Waals surface area contributed by atoms with E-state index in [0.717, 1.165) is 16.5 Å². The van der Waals surface area contributed by atoms with Gasteiger partial charge in [0.25, 0.3) is 5.91 Å². The van der Waals surface area contributed by atoms with Crippen molar-refractivity contribution in [1.82, 2.24) is 20.5 Å². The van der Waals surface area contributed by atoms with Crippen molar-refractivity contribution in [3.63, 3.8) is 0 Å². The van der Waals surface area contributed by atoms with E-state index in [2.05, 4.69) is 25.8 Å². The summed E-state index contributed by atoms with van der Waals surface area (Å²) in [5.41, 5.74) is 3.19. The molecule has 8 nitrogen and oxygen atoms in total. The molecule has 0 bridgehead atoms. The average Bonchev–Trinajstić information content (AvgIpc) is 3.32. The van der Waals surface area contributed by atoms with Gasteiger partial charge in [-0.25, -0.2) is 0 Å². The summed E-state index contributed by atoms with van der Waals surface area (Å²) in [6.07, 6.45) is 2.48. The van der Waals surface area contributed by atoms with E-state index in [9.17, 15) is 9.59 Å². The van der Waals surface area contributed by atoms with E-state index in [-0.39, 0.29) is 18.2 Å². The summed E-state index contributed by atoms with van der Waals surface area (Å²) in [6, 6.07) is 18.6. The highest BCUT2D eigenvalue weighted by atomic mass is 16.5. The number of aromatic amines is 1. The first kappa shape index (κ1) is 21.0. The lowest BCUT2D eigenvalue weighted by Crippen LogP contribution is -2.25. The maximum atomic E-state index is 12.4. The number of para-hydroxylation sites is 2. The Morgan fingerprint density at radius 1 is 1.06 bits per heavy atom. The van der Waals surface area contributed by atoms with Crippen molar-refractivity contribution in [2.75, 3.05) is 19.0 Å². The van der Waals surface area contributed by atoms with Gasteiger partial charge >= 0.3 is 0 Å². The first-order chi connectivity index (χ1) is 15.7. The van der Waals surface area contributed by atoms with Gasteiger partial charge < -0.3 is 15.4 Å². The van der Waals surface area contributed by atoms with Crippen molar-refractivity contribution in [3.05, 3.63) is 72.6 Å². The Hall–Kier alpha value is -4.20. The molecule has 0 unspecified atom stereocenters. The highest BCUT2D eigenvalue weighted by molar-refractivity contribution is 6.00. The molecule has 0 saturated heterocycles. The molecule has 0 atom stereocenters. The van der Waals surface area contributed by atoms with E-state index < -0.39 is 0 Å². The SMILES string of the molecule is COc1ccccc1-c1cc(C(=O)NCCCC(=O)Nc2cccc3cccnc23)[nH]n1. The maximum absolute atomic E-state index is 12.4. The van der Waals surface area contributed by atoms with Gasteiger partial charge in [-0.05, 0) is 36.8 Å². The molecule has 0 fully saturated rings. The number of H-pyrrole nitrogens is 1. The Kier molecular flexibility index (Phi) is 6.41. The molecule has 2 heterocycles. The number of methoxy groups -OCH3 is 1. The van der Waals surface area contributed by atoms with Gasteiger partial charge in [0.2, 0.25) is 5.91 Å². The number of carbonyl (C=O) groups excluding carboxylic acids is 2. The predicted octanol–water partition coefficient (Wildman–Crippen LogP) is 3.78. The molecule has 4 aromatic rings. The van der Waals surface area contributed by atoms with Gasteiger partial charge in [-0.15, -0.1) is 0 Å². The summed E-state index contributed by atoms with van der Waals surface area (Å²) >= 11 is 0. The third-order valence-corrected chi connectivity index (χ3v) is 4.98. The van der Waals surface area contributed by atoms with E-state index in [4.69, 9.17) is 4.74 Å². The van der Waals surface area contributed by atoms with Crippen LogP contribution in [0.15, 0.2) is 66.9 Å². The number of benzene rings is 2. The zero-order valence-electron chi connectivity index (χ0n) is 17.6. The van der Waals surface area contributed by atoms with Gasteiger partial charge in [0, 0.05) is 30.1 Å². The number of amides is 2. The second kappa shape index (κ2) is 9.74. The maximum Gasteiger partial charge on any atom is 0.269 e. The molecule has 32 heavy (non-hydrogen) atoms. The van der Waals surface area contributed by atoms with Gasteiger partial charge in [-0.3, -0.25) is 19.7 Å². The van der Waals surface area contributed by atoms with Crippen LogP contribution in [-0.2, 0) is 4.79 Å². The molecule has 3 N–H and O–H groups in total. The first-order valence-corrected chi connectivity index (χ1v) is 10.3. The Bertz CT molecular complexity index is 1250. The Labute approximate surface area is 185 Å². The lowest BCUT2D eigenvalue weighted by Gasteiger charge is -2.08. The van der Waals surface area contributed by atoms with E-state index in [1.54, 1.807) is 19.4 Å². The molecule has 0 aliphatic heterocycles. The Morgan fingerprint density at radius 2 is 1.91 bits per heavy atom. The van der Waals surface area contributed by atoms with E-state index in [1.165, 1.54) is 0 Å². The van der Waals surface area contributed by atoms with Crippen LogP contribution in [0.25, 0.3) is 22.2 Å². The molecule has 0 aliphatic rings. The monoisotopic (exact) mass is 429 g/mol. The lowest BCUT2D eigenvalue weighted by molar-refractivity contribution is -0.116. The largest absolute Gasteiger partial charge is 0.496 e. The van der Waals surface area contributed by atoms with Gasteiger partial charge in [0.05, 0.1) is 24.0 Å². The fourth-order valence-electron chi connectivity index (χ4n) is 3.40. The zero-order valence-corrected chi connectivity index (χ0v) is 17.6. The summed E-state index contributed by atoms with van der Waals surface area (Å²) < 4.78 is 5.34. The topological polar surface area (TPSA) is 109 Å². The molecular weight excluding hydrogens is 406 g/mol. The number of carbonyl (C=O) groups is 2. The van der Waals surface area contributed by atoms with Gasteiger partial charge in [0.15, 0.2) is 0 Å². The standard InChI is InChI=1S/C24H23N5O3/c1-32-21-11-3-2-9-17(21)19-15-20(29-28-19)24(31)26-14-6-12-22(30)27-18-10-4-7-16-8-5-13-25-23(16)18/h2-5,7-11,13,15H,6,12,14H2,1H3,(H,26,31)(H,27,30)(H,28,29). The number of aromatic nitrogens is 3. The molecule has 2 aromatic carbocycles. The number of hydrogen-bond donors (Lipinski definition) is 3. The lowest BCUT2D eigenvalue weighted by atomic mass is 10.1. The predicted molar refractivity (Wildman–Crippen MR) is 123 cm³/mol. The second-order valence-electron chi connectivity index (χ2n) is 7.16. The minimum Gasteiger partial charge on any atom is -0.496 e. The van der Waals surface area contributed by atoms with Crippen LogP contribution in [0, 0.1) is 0 Å². The number of hydrogen-bond acceptors (Lipinski definition) is 5. The molecule has 2 amide bonds. The molecule has 0 saturated carbocycles. The molecule has 162 valence electrons. The van der Waals surface area contributed by atoms with Gasteiger partial charge in [0.1, 0.15) is 11.4 Å². The highest BCUT2D eigenvalue weighted by Crippen LogP contribution is 2.28. The van der Waals surface area contributed by atoms with E-state index in [0.29, 0.717) is 35.8 Å². The van der Waals surface area contributed by atoms with Crippen LogP contribution >= 0.6 is 0 Å². The normalized spacial score (nSPS) is 10.7. The van der Waals surface area contributed by atoms with Crippen LogP contribution in [0.4, 0.5) is 5.69 Å². The summed E-state index contributed by atoms with van der Waals surface area (Å²) in [5, 5.41) is 13.6. The van der Waals surface area contributed by atoms with Crippen molar-refractivity contribution in [2.45, 2.75) is 12.8 Å². The van der Waals surface area contributed by atoms with Gasteiger partial charge in [-0.2, -0.15) is 5.10 Å². The molecule has 0 radical (unpaired) electrons. The second-order valence-corrected chi connectivity index (χ2v) is 7.16. The summed E-state index contributed by atoms with van der Waals surface area (Å²) in [7, 11) is 1.59. The highest BCUT2D eigenvalue weighted by Gasteiger charge is 2.13. The smallest absolute Gasteiger partial charge is 0.269 e. The number of pyridine rings is 1. The fraction of sp³-hybridized carbons (Fsp3) is 0.167. The molecule has 0 spiro atoms. The third-order valence-electron chi connectivity index (χ3n) is 4.98. The number of nitrogens with zero attached hydrogens (tertiary/aromatic N) is 2. The minimum atomic E-state index is -0.280. The van der Waals surface area contributed by atoms with Crippen molar-refractivity contribution in [2.24, 2.45) is 0 Å². The quantitative estimate of drug-likeness (QED) is 0.369. The molecule has 0 aliphatic carbocycles. The zero-order chi connectivity index (χ0) is 22.3. The Morgan fingerprint density at radius 3 is 2.78 bits per heavy atom. The van der Waals surface area contributed by atoms with Crippen LogP contribution in [0.3, 0.4) is 0 Å². The number of anilines is 1. The van der Waals surface area contributed by atoms with Crippen LogP contribution in [-0.4, -0.2) is 40.7 Å². The van der Waals surface area contributed by atoms with E-state index in [1.807, 2.05) is 54.6 Å². The van der Waals surface area contributed by atoms with E-state index >= 15 is 0 Å². The summed E-state index contributed by atoms with van der Waals surface area (Å²) in [5.74, 6) is 0.271. The van der Waals surface area contributed by atoms with Gasteiger partial charge in [-0.1, -0.05) is 30.3 Å². The molecule has 4 rings (SSSR count). The summed E-state index contributed by atoms with van der Waals surface area (Å²) in [4.78, 5) is 29.0. The first-order valence-electron chi connectivity index (χ1n) is 10.3. The number of nitrogens with one attached hydrogen (secondary N) is 3. The summed E-state index contributed by atoms with van der Waals surface area (Å²) in [6.45, 7) is 0.364. The molecule has 2 aromatic heterocycles. The average molecular weight is 429 g/mol. The number of fused-ring (bicyclic) bond motifs is 1. The number of ether oxygens (including phenoxy) is 1. The van der Waals surface area contributed by atoms with Crippen molar-refractivity contribution in [1.29, 1.82) is 0 Å². The molecule has 8 heteroatoms. The third kappa shape index (κ3) is 4.75. The van der Waals surface area contributed by atoms with Crippen molar-refractivity contribution < 1.29 is 14.3 Å². The minimum absolute atomic E-state index is 0.127.